The molecule has 5 nitrogen and oxygen atoms in total. The van der Waals surface area contributed by atoms with E-state index in [4.69, 9.17) is 14.4 Å². The van der Waals surface area contributed by atoms with Gasteiger partial charge in [0.2, 0.25) is 0 Å². The van der Waals surface area contributed by atoms with Crippen molar-refractivity contribution in [2.24, 2.45) is 5.16 Å². The molecule has 18 heavy (non-hydrogen) atoms. The number of nitrogens with zero attached hydrogens (tertiary/aromatic N) is 1. The van der Waals surface area contributed by atoms with Crippen LogP contribution in [0.2, 0.25) is 18.1 Å². The highest BCUT2D eigenvalue weighted by Gasteiger charge is 2.37. The summed E-state index contributed by atoms with van der Waals surface area (Å²) < 4.78 is 5.80. The third kappa shape index (κ3) is 5.64. The number of carboxylic acids is 1. The Kier molecular flexibility index (Phi) is 6.55. The quantitative estimate of drug-likeness (QED) is 0.336. The molecule has 0 fully saturated rings. The lowest BCUT2D eigenvalue weighted by Gasteiger charge is -2.35. The summed E-state index contributed by atoms with van der Waals surface area (Å²) in [5.74, 6) is -1.09. The molecule has 6 heteroatoms. The molecule has 106 valence electrons. The Bertz CT molecular complexity index is 308. The van der Waals surface area contributed by atoms with Crippen molar-refractivity contribution < 1.29 is 19.2 Å². The number of rotatable bonds is 7. The zero-order valence-electron chi connectivity index (χ0n) is 12.2. The first-order chi connectivity index (χ1) is 8.12. The van der Waals surface area contributed by atoms with Gasteiger partial charge in [-0.25, -0.2) is 4.79 Å². The zero-order chi connectivity index (χ0) is 14.4. The fourth-order valence-corrected chi connectivity index (χ4v) is 1.74. The highest BCUT2D eigenvalue weighted by Crippen LogP contribution is 2.36. The molecule has 1 N–H and O–H groups in total. The number of hydrogen-bond acceptors (Lipinski definition) is 4. The Morgan fingerprint density at radius 3 is 2.28 bits per heavy atom. The van der Waals surface area contributed by atoms with Gasteiger partial charge < -0.3 is 14.4 Å². The van der Waals surface area contributed by atoms with Crippen LogP contribution in [0.4, 0.5) is 0 Å². The van der Waals surface area contributed by atoms with Gasteiger partial charge in [-0.3, -0.25) is 0 Å². The molecule has 0 unspecified atom stereocenters. The smallest absolute Gasteiger partial charge is 0.356 e. The Morgan fingerprint density at radius 2 is 1.89 bits per heavy atom. The molecule has 0 aromatic rings. The first kappa shape index (κ1) is 17.1. The number of aliphatic carboxylic acids is 1. The van der Waals surface area contributed by atoms with Crippen molar-refractivity contribution in [2.45, 2.75) is 52.2 Å². The number of carbonyl (C=O) groups is 1. The topological polar surface area (TPSA) is 68.1 Å². The lowest BCUT2D eigenvalue weighted by molar-refractivity contribution is -0.129. The van der Waals surface area contributed by atoms with E-state index in [0.29, 0.717) is 6.61 Å². The zero-order valence-corrected chi connectivity index (χ0v) is 13.2. The maximum atomic E-state index is 11.0. The molecule has 0 aromatic heterocycles. The van der Waals surface area contributed by atoms with Crippen molar-refractivity contribution in [3.05, 3.63) is 0 Å². The Morgan fingerprint density at radius 1 is 1.33 bits per heavy atom. The third-order valence-electron chi connectivity index (χ3n) is 3.09. The Hall–Kier alpha value is -0.883. The van der Waals surface area contributed by atoms with Crippen LogP contribution in [0, 0.1) is 0 Å². The molecule has 0 atom stereocenters. The first-order valence-electron chi connectivity index (χ1n) is 6.18. The van der Waals surface area contributed by atoms with E-state index in [0.717, 1.165) is 6.42 Å². The van der Waals surface area contributed by atoms with Crippen LogP contribution in [0.15, 0.2) is 5.16 Å². The summed E-state index contributed by atoms with van der Waals surface area (Å²) in [7, 11) is -1.96. The van der Waals surface area contributed by atoms with Crippen LogP contribution in [0.5, 0.6) is 0 Å². The van der Waals surface area contributed by atoms with E-state index in [9.17, 15) is 4.79 Å². The molecule has 0 radical (unpaired) electrons. The predicted octanol–water partition coefficient (Wildman–Crippen LogP) is 2.88. The lowest BCUT2D eigenvalue weighted by Crippen LogP contribution is -2.42. The van der Waals surface area contributed by atoms with Gasteiger partial charge in [-0.1, -0.05) is 32.9 Å². The van der Waals surface area contributed by atoms with Gasteiger partial charge in [0.1, 0.15) is 6.61 Å². The molecule has 0 rings (SSSR count). The minimum Gasteiger partial charge on any atom is -0.477 e. The largest absolute Gasteiger partial charge is 0.477 e. The highest BCUT2D eigenvalue weighted by atomic mass is 28.4. The Labute approximate surface area is 110 Å². The first-order valence-corrected chi connectivity index (χ1v) is 9.08. The van der Waals surface area contributed by atoms with Crippen molar-refractivity contribution in [3.63, 3.8) is 0 Å². The van der Waals surface area contributed by atoms with Crippen LogP contribution in [-0.4, -0.2) is 38.3 Å². The van der Waals surface area contributed by atoms with Gasteiger partial charge in [-0.05, 0) is 24.6 Å². The SMILES string of the molecule is CCCO/N=C(/CO[Si](C)(C)C(C)(C)C)C(=O)O. The average Bonchev–Trinajstić information content (AvgIpc) is 2.20. The Balaban J connectivity index is 4.54. The standard InChI is InChI=1S/C12H25NO4Si/c1-7-8-16-13-10(11(14)15)9-17-18(5,6)12(2,3)4/h7-9H2,1-6H3,(H,14,15)/b13-10-. The molecule has 0 heterocycles. The summed E-state index contributed by atoms with van der Waals surface area (Å²) in [5.41, 5.74) is -0.0757. The van der Waals surface area contributed by atoms with Gasteiger partial charge in [0.15, 0.2) is 14.0 Å². The van der Waals surface area contributed by atoms with Crippen molar-refractivity contribution in [1.82, 2.24) is 0 Å². The minimum absolute atomic E-state index is 0.00442. The van der Waals surface area contributed by atoms with Gasteiger partial charge in [0.25, 0.3) is 0 Å². The van der Waals surface area contributed by atoms with Crippen LogP contribution >= 0.6 is 0 Å². The normalized spacial score (nSPS) is 13.6. The summed E-state index contributed by atoms with van der Waals surface area (Å²) in [6.45, 7) is 12.8. The van der Waals surface area contributed by atoms with Crippen LogP contribution < -0.4 is 0 Å². The molecule has 0 saturated carbocycles. The van der Waals surface area contributed by atoms with Gasteiger partial charge in [0.05, 0.1) is 6.61 Å². The summed E-state index contributed by atoms with van der Waals surface area (Å²) >= 11 is 0. The number of carboxylic acid groups (broad SMARTS) is 1. The minimum atomic E-state index is -1.96. The van der Waals surface area contributed by atoms with E-state index < -0.39 is 14.3 Å². The van der Waals surface area contributed by atoms with Crippen molar-refractivity contribution in [1.29, 1.82) is 0 Å². The fourth-order valence-electron chi connectivity index (χ4n) is 0.807. The van der Waals surface area contributed by atoms with Gasteiger partial charge in [-0.2, -0.15) is 0 Å². The molecular formula is C12H25NO4Si. The molecule has 0 aromatic carbocycles. The number of oxime groups is 1. The van der Waals surface area contributed by atoms with E-state index in [2.05, 4.69) is 39.0 Å². The predicted molar refractivity (Wildman–Crippen MR) is 74.5 cm³/mol. The van der Waals surface area contributed by atoms with Crippen LogP contribution in [0.1, 0.15) is 34.1 Å². The van der Waals surface area contributed by atoms with E-state index in [1.807, 2.05) is 6.92 Å². The lowest BCUT2D eigenvalue weighted by atomic mass is 10.2. The molecule has 0 aliphatic heterocycles. The second-order valence-corrected chi connectivity index (χ2v) is 10.5. The maximum absolute atomic E-state index is 11.0. The summed E-state index contributed by atoms with van der Waals surface area (Å²) in [5, 5.41) is 12.7. The molecule has 0 amide bonds. The molecule has 0 aliphatic carbocycles. The summed E-state index contributed by atoms with van der Waals surface area (Å²) in [6.07, 6.45) is 0.791. The van der Waals surface area contributed by atoms with Gasteiger partial charge in [0, 0.05) is 0 Å². The van der Waals surface area contributed by atoms with E-state index in [-0.39, 0.29) is 17.4 Å². The molecule has 0 aliphatic rings. The van der Waals surface area contributed by atoms with Crippen molar-refractivity contribution >= 4 is 20.0 Å². The number of hydrogen-bond donors (Lipinski definition) is 1. The molecule has 0 saturated heterocycles. The monoisotopic (exact) mass is 275 g/mol. The van der Waals surface area contributed by atoms with Gasteiger partial charge in [-0.15, -0.1) is 0 Å². The van der Waals surface area contributed by atoms with Crippen LogP contribution in [0.3, 0.4) is 0 Å². The second kappa shape index (κ2) is 6.89. The second-order valence-electron chi connectivity index (χ2n) is 5.73. The van der Waals surface area contributed by atoms with Crippen LogP contribution in [-0.2, 0) is 14.1 Å². The van der Waals surface area contributed by atoms with Crippen LogP contribution in [0.25, 0.3) is 0 Å². The fraction of sp³-hybridized carbons (Fsp3) is 0.833. The van der Waals surface area contributed by atoms with E-state index in [1.54, 1.807) is 0 Å². The van der Waals surface area contributed by atoms with Gasteiger partial charge >= 0.3 is 5.97 Å². The molecular weight excluding hydrogens is 250 g/mol. The maximum Gasteiger partial charge on any atom is 0.356 e. The van der Waals surface area contributed by atoms with E-state index in [1.165, 1.54) is 0 Å². The third-order valence-corrected chi connectivity index (χ3v) is 7.57. The van der Waals surface area contributed by atoms with Crippen molar-refractivity contribution in [2.75, 3.05) is 13.2 Å². The summed E-state index contributed by atoms with van der Waals surface area (Å²) in [6, 6.07) is 0. The molecule has 0 spiro atoms. The average molecular weight is 275 g/mol. The molecule has 0 bridgehead atoms. The van der Waals surface area contributed by atoms with E-state index >= 15 is 0 Å². The van der Waals surface area contributed by atoms with Crippen molar-refractivity contribution in [3.8, 4) is 0 Å². The summed E-state index contributed by atoms with van der Waals surface area (Å²) in [4.78, 5) is 15.9. The highest BCUT2D eigenvalue weighted by molar-refractivity contribution is 6.74.